The Balaban J connectivity index is 1.57. The van der Waals surface area contributed by atoms with Crippen LogP contribution in [0.3, 0.4) is 0 Å². The van der Waals surface area contributed by atoms with Gasteiger partial charge in [0, 0.05) is 23.9 Å². The van der Waals surface area contributed by atoms with Crippen molar-refractivity contribution in [3.63, 3.8) is 0 Å². The van der Waals surface area contributed by atoms with Crippen molar-refractivity contribution in [1.29, 1.82) is 0 Å². The number of nitrogens with one attached hydrogen (secondary N) is 2. The van der Waals surface area contributed by atoms with Crippen molar-refractivity contribution < 1.29 is 18.4 Å². The molecule has 0 fully saturated rings. The molecule has 3 aromatic rings. The van der Waals surface area contributed by atoms with Gasteiger partial charge in [-0.25, -0.2) is 9.37 Å². The summed E-state index contributed by atoms with van der Waals surface area (Å²) < 4.78 is 18.5. The highest BCUT2D eigenvalue weighted by Crippen LogP contribution is 2.25. The Labute approximate surface area is 159 Å². The number of oxazole rings is 1. The number of carbonyl (C=O) groups is 2. The van der Waals surface area contributed by atoms with E-state index >= 15 is 0 Å². The van der Waals surface area contributed by atoms with Gasteiger partial charge in [0.15, 0.2) is 5.76 Å². The molecule has 2 amide bonds. The summed E-state index contributed by atoms with van der Waals surface area (Å²) in [5.74, 6) is -0.224. The molecular formula is C19H16FN3O3S. The average Bonchev–Trinajstić information content (AvgIpc) is 3.15. The maximum atomic E-state index is 13.0. The summed E-state index contributed by atoms with van der Waals surface area (Å²) in [6.45, 7) is 0. The van der Waals surface area contributed by atoms with E-state index in [0.717, 1.165) is 11.8 Å². The molecular weight excluding hydrogens is 369 g/mol. The van der Waals surface area contributed by atoms with Crippen molar-refractivity contribution in [2.75, 3.05) is 18.1 Å². The van der Waals surface area contributed by atoms with Gasteiger partial charge < -0.3 is 15.1 Å². The van der Waals surface area contributed by atoms with Crippen molar-refractivity contribution >= 4 is 29.3 Å². The fraction of sp³-hybridized carbons (Fsp3) is 0.105. The molecule has 8 heteroatoms. The molecule has 1 heterocycles. The fourth-order valence-electron chi connectivity index (χ4n) is 2.28. The van der Waals surface area contributed by atoms with E-state index in [4.69, 9.17) is 4.42 Å². The standard InChI is InChI=1S/C19H16FN3O3S/c1-21-18(25)13-3-2-4-15(9-13)23-17(24)11-27-19-22-10-16(26-19)12-5-7-14(20)8-6-12/h2-10H,11H2,1H3,(H,21,25)(H,23,24). The van der Waals surface area contributed by atoms with Crippen LogP contribution in [0.5, 0.6) is 0 Å². The first-order valence-electron chi connectivity index (χ1n) is 8.02. The van der Waals surface area contributed by atoms with Gasteiger partial charge in [0.2, 0.25) is 5.91 Å². The molecule has 0 bridgehead atoms. The lowest BCUT2D eigenvalue weighted by Gasteiger charge is -2.06. The summed E-state index contributed by atoms with van der Waals surface area (Å²) >= 11 is 1.14. The number of halogens is 1. The smallest absolute Gasteiger partial charge is 0.256 e. The van der Waals surface area contributed by atoms with E-state index in [1.807, 2.05) is 0 Å². The number of hydrogen-bond donors (Lipinski definition) is 2. The maximum absolute atomic E-state index is 13.0. The number of rotatable bonds is 6. The summed E-state index contributed by atoms with van der Waals surface area (Å²) in [5.41, 5.74) is 1.69. The first kappa shape index (κ1) is 18.7. The minimum absolute atomic E-state index is 0.0908. The number of thioether (sulfide) groups is 1. The third kappa shape index (κ3) is 4.95. The van der Waals surface area contributed by atoms with Crippen LogP contribution in [-0.2, 0) is 4.79 Å². The summed E-state index contributed by atoms with van der Waals surface area (Å²) in [7, 11) is 1.54. The topological polar surface area (TPSA) is 84.2 Å². The Bertz CT molecular complexity index is 957. The maximum Gasteiger partial charge on any atom is 0.256 e. The second kappa shape index (κ2) is 8.50. The average molecular weight is 385 g/mol. The number of amides is 2. The highest BCUT2D eigenvalue weighted by Gasteiger charge is 2.11. The molecule has 0 atom stereocenters. The molecule has 0 spiro atoms. The minimum atomic E-state index is -0.329. The Kier molecular flexibility index (Phi) is 5.87. The molecule has 0 aliphatic heterocycles. The molecule has 0 saturated heterocycles. The van der Waals surface area contributed by atoms with Crippen LogP contribution >= 0.6 is 11.8 Å². The summed E-state index contributed by atoms with van der Waals surface area (Å²) in [6.07, 6.45) is 1.53. The Morgan fingerprint density at radius 3 is 2.70 bits per heavy atom. The molecule has 27 heavy (non-hydrogen) atoms. The van der Waals surface area contributed by atoms with Gasteiger partial charge in [-0.2, -0.15) is 0 Å². The SMILES string of the molecule is CNC(=O)c1cccc(NC(=O)CSc2ncc(-c3ccc(F)cc3)o2)c1. The first-order valence-corrected chi connectivity index (χ1v) is 9.00. The zero-order valence-electron chi connectivity index (χ0n) is 14.4. The third-order valence-corrected chi connectivity index (χ3v) is 4.42. The molecule has 138 valence electrons. The van der Waals surface area contributed by atoms with E-state index in [9.17, 15) is 14.0 Å². The molecule has 0 radical (unpaired) electrons. The highest BCUT2D eigenvalue weighted by molar-refractivity contribution is 7.99. The van der Waals surface area contributed by atoms with Crippen LogP contribution in [0.15, 0.2) is 64.4 Å². The van der Waals surface area contributed by atoms with E-state index in [2.05, 4.69) is 15.6 Å². The number of benzene rings is 2. The third-order valence-electron chi connectivity index (χ3n) is 3.58. The Morgan fingerprint density at radius 1 is 1.19 bits per heavy atom. The minimum Gasteiger partial charge on any atom is -0.431 e. The molecule has 2 aromatic carbocycles. The molecule has 0 saturated carbocycles. The monoisotopic (exact) mass is 385 g/mol. The Hall–Kier alpha value is -3.13. The molecule has 3 rings (SSSR count). The first-order chi connectivity index (χ1) is 13.0. The fourth-order valence-corrected chi connectivity index (χ4v) is 2.88. The van der Waals surface area contributed by atoms with E-state index < -0.39 is 0 Å². The number of hydrogen-bond acceptors (Lipinski definition) is 5. The molecule has 0 unspecified atom stereocenters. The van der Waals surface area contributed by atoms with E-state index in [1.165, 1.54) is 18.3 Å². The van der Waals surface area contributed by atoms with Crippen molar-refractivity contribution in [1.82, 2.24) is 10.3 Å². The van der Waals surface area contributed by atoms with Crippen LogP contribution in [0.25, 0.3) is 11.3 Å². The van der Waals surface area contributed by atoms with Gasteiger partial charge in [-0.3, -0.25) is 9.59 Å². The van der Waals surface area contributed by atoms with Crippen LogP contribution in [0, 0.1) is 5.82 Å². The molecule has 1 aromatic heterocycles. The molecule has 0 aliphatic carbocycles. The highest BCUT2D eigenvalue weighted by atomic mass is 32.2. The zero-order valence-corrected chi connectivity index (χ0v) is 15.2. The van der Waals surface area contributed by atoms with Crippen LogP contribution < -0.4 is 10.6 Å². The van der Waals surface area contributed by atoms with Gasteiger partial charge >= 0.3 is 0 Å². The molecule has 6 nitrogen and oxygen atoms in total. The van der Waals surface area contributed by atoms with E-state index in [1.54, 1.807) is 43.4 Å². The Morgan fingerprint density at radius 2 is 1.96 bits per heavy atom. The summed E-state index contributed by atoms with van der Waals surface area (Å²) in [4.78, 5) is 27.8. The second-order valence-electron chi connectivity index (χ2n) is 5.49. The van der Waals surface area contributed by atoms with Crippen molar-refractivity contribution in [2.45, 2.75) is 5.22 Å². The van der Waals surface area contributed by atoms with Crippen LogP contribution in [0.1, 0.15) is 10.4 Å². The van der Waals surface area contributed by atoms with Gasteiger partial charge in [0.25, 0.3) is 11.1 Å². The molecule has 2 N–H and O–H groups in total. The predicted octanol–water partition coefficient (Wildman–Crippen LogP) is 3.57. The van der Waals surface area contributed by atoms with Gasteiger partial charge in [0.1, 0.15) is 5.82 Å². The quantitative estimate of drug-likeness (QED) is 0.634. The van der Waals surface area contributed by atoms with E-state index in [0.29, 0.717) is 27.8 Å². The van der Waals surface area contributed by atoms with Gasteiger partial charge in [-0.05, 0) is 42.5 Å². The van der Waals surface area contributed by atoms with Crippen LogP contribution in [-0.4, -0.2) is 29.6 Å². The summed E-state index contributed by atoms with van der Waals surface area (Å²) in [6, 6.07) is 12.5. The van der Waals surface area contributed by atoms with Crippen LogP contribution in [0.2, 0.25) is 0 Å². The predicted molar refractivity (Wildman–Crippen MR) is 101 cm³/mol. The van der Waals surface area contributed by atoms with Crippen molar-refractivity contribution in [2.24, 2.45) is 0 Å². The van der Waals surface area contributed by atoms with Crippen LogP contribution in [0.4, 0.5) is 10.1 Å². The summed E-state index contributed by atoms with van der Waals surface area (Å²) in [5, 5.41) is 5.59. The number of anilines is 1. The van der Waals surface area contributed by atoms with Gasteiger partial charge in [-0.1, -0.05) is 17.8 Å². The normalized spacial score (nSPS) is 10.4. The zero-order chi connectivity index (χ0) is 19.2. The number of aromatic nitrogens is 1. The van der Waals surface area contributed by atoms with Gasteiger partial charge in [-0.15, -0.1) is 0 Å². The van der Waals surface area contributed by atoms with Gasteiger partial charge in [0.05, 0.1) is 11.9 Å². The number of carbonyl (C=O) groups excluding carboxylic acids is 2. The lowest BCUT2D eigenvalue weighted by atomic mass is 10.2. The second-order valence-corrected chi connectivity index (χ2v) is 6.42. The number of nitrogens with zero attached hydrogens (tertiary/aromatic N) is 1. The van der Waals surface area contributed by atoms with Crippen molar-refractivity contribution in [3.05, 3.63) is 66.1 Å². The molecule has 0 aliphatic rings. The van der Waals surface area contributed by atoms with E-state index in [-0.39, 0.29) is 23.4 Å². The largest absolute Gasteiger partial charge is 0.431 e. The van der Waals surface area contributed by atoms with Crippen molar-refractivity contribution in [3.8, 4) is 11.3 Å². The lowest BCUT2D eigenvalue weighted by molar-refractivity contribution is -0.113. The lowest BCUT2D eigenvalue weighted by Crippen LogP contribution is -2.18.